The third-order valence-electron chi connectivity index (χ3n) is 4.03. The zero-order chi connectivity index (χ0) is 15.3. The zero-order valence-electron chi connectivity index (χ0n) is 11.7. The summed E-state index contributed by atoms with van der Waals surface area (Å²) < 4.78 is 1.01. The lowest BCUT2D eigenvalue weighted by molar-refractivity contribution is -0.115. The molecule has 0 unspecified atom stereocenters. The minimum absolute atomic E-state index is 0.00669. The van der Waals surface area contributed by atoms with Gasteiger partial charge in [0.05, 0.1) is 17.8 Å². The van der Waals surface area contributed by atoms with Crippen LogP contribution in [0.2, 0.25) is 0 Å². The Kier molecular flexibility index (Phi) is 2.94. The van der Waals surface area contributed by atoms with Gasteiger partial charge in [0.1, 0.15) is 0 Å². The Morgan fingerprint density at radius 3 is 2.86 bits per heavy atom. The molecule has 1 aromatic heterocycles. The van der Waals surface area contributed by atoms with Crippen molar-refractivity contribution in [3.8, 4) is 11.3 Å². The van der Waals surface area contributed by atoms with Crippen LogP contribution in [0.25, 0.3) is 28.2 Å². The number of anilines is 1. The van der Waals surface area contributed by atoms with E-state index in [1.807, 2.05) is 30.3 Å². The van der Waals surface area contributed by atoms with Crippen LogP contribution in [0.5, 0.6) is 0 Å². The summed E-state index contributed by atoms with van der Waals surface area (Å²) in [6.07, 6.45) is 2.18. The Labute approximate surface area is 136 Å². The van der Waals surface area contributed by atoms with Crippen molar-refractivity contribution in [1.29, 1.82) is 0 Å². The van der Waals surface area contributed by atoms with Gasteiger partial charge in [-0.1, -0.05) is 34.7 Å². The first-order valence-electron chi connectivity index (χ1n) is 7.02. The fourth-order valence-electron chi connectivity index (χ4n) is 2.99. The molecule has 0 saturated heterocycles. The minimum Gasteiger partial charge on any atom is -0.354 e. The lowest BCUT2D eigenvalue weighted by Crippen LogP contribution is -2.12. The number of amides is 1. The standard InChI is InChI=1S/C18H13BrN2O/c1-2-10-3-5-16-14(7-10)18-13(9-17(22)20-16)12-8-11(19)4-6-15(12)21-18/h2-8,21H,1,9H2,(H,20,22). The van der Waals surface area contributed by atoms with E-state index in [0.29, 0.717) is 6.42 Å². The first-order chi connectivity index (χ1) is 10.7. The maximum absolute atomic E-state index is 12.2. The first kappa shape index (κ1) is 13.3. The topological polar surface area (TPSA) is 44.9 Å². The minimum atomic E-state index is 0.00669. The molecule has 0 saturated carbocycles. The smallest absolute Gasteiger partial charge is 0.228 e. The highest BCUT2D eigenvalue weighted by Gasteiger charge is 2.22. The van der Waals surface area contributed by atoms with Crippen LogP contribution in [0.15, 0.2) is 47.4 Å². The van der Waals surface area contributed by atoms with E-state index in [9.17, 15) is 4.79 Å². The highest BCUT2D eigenvalue weighted by Crippen LogP contribution is 2.38. The summed E-state index contributed by atoms with van der Waals surface area (Å²) in [5, 5.41) is 4.06. The predicted octanol–water partition coefficient (Wildman–Crippen LogP) is 4.74. The van der Waals surface area contributed by atoms with Crippen molar-refractivity contribution in [1.82, 2.24) is 4.98 Å². The van der Waals surface area contributed by atoms with Gasteiger partial charge in [0.15, 0.2) is 0 Å². The summed E-state index contributed by atoms with van der Waals surface area (Å²) in [6, 6.07) is 12.0. The molecule has 3 aromatic rings. The normalized spacial score (nSPS) is 13.2. The van der Waals surface area contributed by atoms with Gasteiger partial charge in [-0.05, 0) is 41.5 Å². The Hall–Kier alpha value is -2.33. The summed E-state index contributed by atoms with van der Waals surface area (Å²) in [6.45, 7) is 3.82. The molecule has 2 heterocycles. The van der Waals surface area contributed by atoms with Crippen molar-refractivity contribution in [3.05, 3.63) is 58.6 Å². The van der Waals surface area contributed by atoms with Gasteiger partial charge in [-0.3, -0.25) is 4.79 Å². The summed E-state index contributed by atoms with van der Waals surface area (Å²) in [5.41, 5.74) is 5.95. The number of aromatic amines is 1. The third-order valence-corrected chi connectivity index (χ3v) is 4.52. The molecule has 0 spiro atoms. The third kappa shape index (κ3) is 1.99. The van der Waals surface area contributed by atoms with Crippen molar-refractivity contribution in [3.63, 3.8) is 0 Å². The summed E-state index contributed by atoms with van der Waals surface area (Å²) in [5.74, 6) is 0.00669. The molecule has 0 fully saturated rings. The number of carbonyl (C=O) groups is 1. The predicted molar refractivity (Wildman–Crippen MR) is 93.9 cm³/mol. The molecule has 108 valence electrons. The lowest BCUT2D eigenvalue weighted by Gasteiger charge is -2.08. The van der Waals surface area contributed by atoms with Crippen molar-refractivity contribution < 1.29 is 4.79 Å². The molecule has 22 heavy (non-hydrogen) atoms. The summed E-state index contributed by atoms with van der Waals surface area (Å²) in [4.78, 5) is 15.7. The molecule has 4 heteroatoms. The van der Waals surface area contributed by atoms with Crippen LogP contribution in [-0.4, -0.2) is 10.9 Å². The maximum Gasteiger partial charge on any atom is 0.228 e. The monoisotopic (exact) mass is 352 g/mol. The number of hydrogen-bond acceptors (Lipinski definition) is 1. The van der Waals surface area contributed by atoms with Crippen LogP contribution in [0, 0.1) is 0 Å². The van der Waals surface area contributed by atoms with Gasteiger partial charge in [-0.2, -0.15) is 0 Å². The van der Waals surface area contributed by atoms with Crippen LogP contribution in [0.1, 0.15) is 11.1 Å². The van der Waals surface area contributed by atoms with E-state index in [4.69, 9.17) is 0 Å². The highest BCUT2D eigenvalue weighted by molar-refractivity contribution is 9.10. The number of halogens is 1. The fourth-order valence-corrected chi connectivity index (χ4v) is 3.35. The molecular weight excluding hydrogens is 340 g/mol. The number of benzene rings is 2. The molecule has 4 rings (SSSR count). The Bertz CT molecular complexity index is 940. The highest BCUT2D eigenvalue weighted by atomic mass is 79.9. The largest absolute Gasteiger partial charge is 0.354 e. The van der Waals surface area contributed by atoms with E-state index in [-0.39, 0.29) is 5.91 Å². The molecule has 0 aliphatic carbocycles. The van der Waals surface area contributed by atoms with Crippen molar-refractivity contribution in [2.45, 2.75) is 6.42 Å². The van der Waals surface area contributed by atoms with Gasteiger partial charge in [0.2, 0.25) is 5.91 Å². The Morgan fingerprint density at radius 1 is 1.18 bits per heavy atom. The molecule has 2 aromatic carbocycles. The van der Waals surface area contributed by atoms with Gasteiger partial charge in [0.25, 0.3) is 0 Å². The van der Waals surface area contributed by atoms with E-state index >= 15 is 0 Å². The number of fused-ring (bicyclic) bond motifs is 5. The fraction of sp³-hybridized carbons (Fsp3) is 0.0556. The average molecular weight is 353 g/mol. The van der Waals surface area contributed by atoms with Crippen LogP contribution in [-0.2, 0) is 11.2 Å². The molecule has 3 nitrogen and oxygen atoms in total. The number of nitrogens with one attached hydrogen (secondary N) is 2. The quantitative estimate of drug-likeness (QED) is 0.652. The van der Waals surface area contributed by atoms with Gasteiger partial charge < -0.3 is 10.3 Å². The number of rotatable bonds is 1. The summed E-state index contributed by atoms with van der Waals surface area (Å²) in [7, 11) is 0. The number of aromatic nitrogens is 1. The Balaban J connectivity index is 2.08. The molecule has 0 atom stereocenters. The number of H-pyrrole nitrogens is 1. The van der Waals surface area contributed by atoms with E-state index in [1.165, 1.54) is 0 Å². The molecule has 2 N–H and O–H groups in total. The Morgan fingerprint density at radius 2 is 2.05 bits per heavy atom. The zero-order valence-corrected chi connectivity index (χ0v) is 13.3. The van der Waals surface area contributed by atoms with E-state index in [0.717, 1.165) is 43.4 Å². The molecule has 1 amide bonds. The SMILES string of the molecule is C=Cc1ccc2c(c1)-c1[nH]c3ccc(Br)cc3c1CC(=O)N2. The van der Waals surface area contributed by atoms with Crippen LogP contribution < -0.4 is 5.32 Å². The van der Waals surface area contributed by atoms with Gasteiger partial charge >= 0.3 is 0 Å². The number of carbonyl (C=O) groups excluding carboxylic acids is 1. The average Bonchev–Trinajstić information content (AvgIpc) is 2.78. The van der Waals surface area contributed by atoms with Crippen molar-refractivity contribution in [2.75, 3.05) is 5.32 Å². The molecule has 1 aliphatic rings. The molecule has 1 aliphatic heterocycles. The van der Waals surface area contributed by atoms with Gasteiger partial charge in [0, 0.05) is 20.9 Å². The van der Waals surface area contributed by atoms with Gasteiger partial charge in [-0.15, -0.1) is 0 Å². The van der Waals surface area contributed by atoms with Crippen LogP contribution >= 0.6 is 15.9 Å². The maximum atomic E-state index is 12.2. The van der Waals surface area contributed by atoms with Crippen molar-refractivity contribution in [2.24, 2.45) is 0 Å². The van der Waals surface area contributed by atoms with E-state index in [2.05, 4.69) is 44.9 Å². The van der Waals surface area contributed by atoms with E-state index in [1.54, 1.807) is 0 Å². The summed E-state index contributed by atoms with van der Waals surface area (Å²) >= 11 is 3.51. The second-order valence-electron chi connectivity index (χ2n) is 5.40. The van der Waals surface area contributed by atoms with Crippen LogP contribution in [0.4, 0.5) is 5.69 Å². The van der Waals surface area contributed by atoms with E-state index < -0.39 is 0 Å². The van der Waals surface area contributed by atoms with Gasteiger partial charge in [-0.25, -0.2) is 0 Å². The van der Waals surface area contributed by atoms with Crippen LogP contribution in [0.3, 0.4) is 0 Å². The lowest BCUT2D eigenvalue weighted by atomic mass is 10.0. The first-order valence-corrected chi connectivity index (χ1v) is 7.82. The van der Waals surface area contributed by atoms with Crippen molar-refractivity contribution >= 4 is 44.5 Å². The molecule has 0 radical (unpaired) electrons. The molecular formula is C18H13BrN2O. The second kappa shape index (κ2) is 4.85. The number of hydrogen-bond donors (Lipinski definition) is 2. The molecule has 0 bridgehead atoms. The second-order valence-corrected chi connectivity index (χ2v) is 6.32.